The quantitative estimate of drug-likeness (QED) is 0.323. The summed E-state index contributed by atoms with van der Waals surface area (Å²) in [6, 6.07) is 12.3. The minimum absolute atomic E-state index is 0.0165. The number of pyridine rings is 1. The fourth-order valence-corrected chi connectivity index (χ4v) is 4.11. The van der Waals surface area contributed by atoms with Crippen LogP contribution < -0.4 is 9.64 Å². The maximum absolute atomic E-state index is 13.3. The van der Waals surface area contributed by atoms with Gasteiger partial charge in [0, 0.05) is 18.0 Å². The first kappa shape index (κ1) is 23.0. The monoisotopic (exact) mass is 458 g/mol. The van der Waals surface area contributed by atoms with E-state index in [1.165, 1.54) is 11.0 Å². The summed E-state index contributed by atoms with van der Waals surface area (Å²) in [6.07, 6.45) is 3.08. The Morgan fingerprint density at radius 1 is 1.03 bits per heavy atom. The molecule has 0 saturated carbocycles. The SMILES string of the molecule is Cc1ccc(O)c(N2C(=O)C(=O)/C(=C(\O)c3ccc(OC(C)C)c(C)c3)C2c2ccncc2)c1. The number of carbonyl (C=O) groups is 2. The van der Waals surface area contributed by atoms with E-state index in [1.807, 2.05) is 27.7 Å². The molecule has 0 radical (unpaired) electrons. The summed E-state index contributed by atoms with van der Waals surface area (Å²) in [5.41, 5.74) is 2.68. The molecule has 174 valence electrons. The van der Waals surface area contributed by atoms with Crippen LogP contribution in [0.2, 0.25) is 0 Å². The van der Waals surface area contributed by atoms with Crippen molar-refractivity contribution < 1.29 is 24.5 Å². The number of amides is 1. The highest BCUT2D eigenvalue weighted by Crippen LogP contribution is 2.45. The summed E-state index contributed by atoms with van der Waals surface area (Å²) in [4.78, 5) is 31.7. The summed E-state index contributed by atoms with van der Waals surface area (Å²) in [5.74, 6) is -1.44. The minimum atomic E-state index is -0.942. The van der Waals surface area contributed by atoms with E-state index in [-0.39, 0.29) is 28.9 Å². The molecule has 2 aromatic carbocycles. The van der Waals surface area contributed by atoms with Crippen molar-refractivity contribution in [3.8, 4) is 11.5 Å². The van der Waals surface area contributed by atoms with E-state index in [1.54, 1.807) is 54.9 Å². The number of rotatable bonds is 5. The molecule has 1 fully saturated rings. The largest absolute Gasteiger partial charge is 0.507 e. The van der Waals surface area contributed by atoms with Gasteiger partial charge in [0.1, 0.15) is 17.3 Å². The third-order valence-corrected chi connectivity index (χ3v) is 5.67. The van der Waals surface area contributed by atoms with E-state index in [4.69, 9.17) is 4.74 Å². The first-order valence-corrected chi connectivity index (χ1v) is 11.0. The first-order chi connectivity index (χ1) is 16.2. The Labute approximate surface area is 198 Å². The smallest absolute Gasteiger partial charge is 0.300 e. The number of ketones is 1. The lowest BCUT2D eigenvalue weighted by atomic mass is 9.95. The molecule has 0 aliphatic carbocycles. The van der Waals surface area contributed by atoms with Gasteiger partial charge in [-0.05, 0) is 86.8 Å². The molecule has 1 aliphatic rings. The third-order valence-electron chi connectivity index (χ3n) is 5.67. The van der Waals surface area contributed by atoms with Crippen molar-refractivity contribution in [3.05, 3.63) is 88.8 Å². The van der Waals surface area contributed by atoms with Crippen molar-refractivity contribution in [3.63, 3.8) is 0 Å². The molecule has 4 rings (SSSR count). The molecule has 2 heterocycles. The second-order valence-electron chi connectivity index (χ2n) is 8.59. The Hall–Kier alpha value is -4.13. The van der Waals surface area contributed by atoms with Gasteiger partial charge < -0.3 is 14.9 Å². The zero-order valence-corrected chi connectivity index (χ0v) is 19.4. The predicted molar refractivity (Wildman–Crippen MR) is 129 cm³/mol. The topological polar surface area (TPSA) is 100.0 Å². The molecule has 1 aliphatic heterocycles. The number of nitrogens with zero attached hydrogens (tertiary/aromatic N) is 2. The highest BCUT2D eigenvalue weighted by atomic mass is 16.5. The lowest BCUT2D eigenvalue weighted by Gasteiger charge is -2.26. The predicted octanol–water partition coefficient (Wildman–Crippen LogP) is 4.82. The van der Waals surface area contributed by atoms with Crippen LogP contribution in [-0.4, -0.2) is 33.0 Å². The minimum Gasteiger partial charge on any atom is -0.507 e. The van der Waals surface area contributed by atoms with Gasteiger partial charge in [-0.25, -0.2) is 0 Å². The van der Waals surface area contributed by atoms with Gasteiger partial charge in [0.2, 0.25) is 0 Å². The second kappa shape index (κ2) is 9.02. The van der Waals surface area contributed by atoms with Crippen LogP contribution in [-0.2, 0) is 9.59 Å². The van der Waals surface area contributed by atoms with E-state index in [2.05, 4.69) is 4.98 Å². The molecule has 3 aromatic rings. The van der Waals surface area contributed by atoms with Crippen molar-refractivity contribution in [1.29, 1.82) is 0 Å². The number of aliphatic hydroxyl groups is 1. The lowest BCUT2D eigenvalue weighted by Crippen LogP contribution is -2.29. The molecule has 1 unspecified atom stereocenters. The second-order valence-corrected chi connectivity index (χ2v) is 8.59. The van der Waals surface area contributed by atoms with Crippen LogP contribution in [0.3, 0.4) is 0 Å². The number of aliphatic hydroxyl groups excluding tert-OH is 1. The summed E-state index contributed by atoms with van der Waals surface area (Å²) < 4.78 is 5.77. The molecule has 7 heteroatoms. The number of carbonyl (C=O) groups excluding carboxylic acids is 2. The maximum Gasteiger partial charge on any atom is 0.300 e. The number of aromatic nitrogens is 1. The zero-order valence-electron chi connectivity index (χ0n) is 19.4. The molecule has 2 N–H and O–H groups in total. The van der Waals surface area contributed by atoms with Gasteiger partial charge in [0.15, 0.2) is 0 Å². The van der Waals surface area contributed by atoms with Crippen LogP contribution in [0, 0.1) is 13.8 Å². The van der Waals surface area contributed by atoms with Crippen LogP contribution in [0.25, 0.3) is 5.76 Å². The van der Waals surface area contributed by atoms with Crippen LogP contribution in [0.5, 0.6) is 11.5 Å². The molecule has 0 bridgehead atoms. The highest BCUT2D eigenvalue weighted by molar-refractivity contribution is 6.51. The fraction of sp³-hybridized carbons (Fsp3) is 0.222. The number of anilines is 1. The summed E-state index contributed by atoms with van der Waals surface area (Å²) >= 11 is 0. The van der Waals surface area contributed by atoms with Crippen LogP contribution >= 0.6 is 0 Å². The number of hydrogen-bond acceptors (Lipinski definition) is 6. The van der Waals surface area contributed by atoms with Gasteiger partial charge in [-0.15, -0.1) is 0 Å². The van der Waals surface area contributed by atoms with E-state index in [9.17, 15) is 19.8 Å². The van der Waals surface area contributed by atoms with Crippen molar-refractivity contribution >= 4 is 23.1 Å². The number of phenolic OH excluding ortho intramolecular Hbond substituents is 1. The van der Waals surface area contributed by atoms with Crippen LogP contribution in [0.15, 0.2) is 66.5 Å². The Balaban J connectivity index is 1.91. The normalized spacial score (nSPS) is 17.4. The molecular weight excluding hydrogens is 432 g/mol. The van der Waals surface area contributed by atoms with E-state index < -0.39 is 17.7 Å². The zero-order chi connectivity index (χ0) is 24.6. The standard InChI is InChI=1S/C27H26N2O5/c1-15(2)34-22-8-6-19(14-17(22)4)25(31)23-24(18-9-11-28-12-10-18)29(27(33)26(23)32)20-13-16(3)5-7-21(20)30/h5-15,24,30-31H,1-4H3/b25-23-. The van der Waals surface area contributed by atoms with Gasteiger partial charge in [0.25, 0.3) is 11.7 Å². The average Bonchev–Trinajstić information content (AvgIpc) is 3.07. The molecule has 1 amide bonds. The van der Waals surface area contributed by atoms with E-state index in [0.29, 0.717) is 16.9 Å². The lowest BCUT2D eigenvalue weighted by molar-refractivity contribution is -0.132. The Morgan fingerprint density at radius 2 is 1.74 bits per heavy atom. The Morgan fingerprint density at radius 3 is 2.38 bits per heavy atom. The molecule has 7 nitrogen and oxygen atoms in total. The number of aromatic hydroxyl groups is 1. The number of hydrogen-bond donors (Lipinski definition) is 2. The Bertz CT molecular complexity index is 1300. The van der Waals surface area contributed by atoms with E-state index >= 15 is 0 Å². The number of benzene rings is 2. The van der Waals surface area contributed by atoms with E-state index in [0.717, 1.165) is 11.1 Å². The summed E-state index contributed by atoms with van der Waals surface area (Å²) in [7, 11) is 0. The van der Waals surface area contributed by atoms with Gasteiger partial charge in [-0.2, -0.15) is 0 Å². The Kier molecular flexibility index (Phi) is 6.11. The molecule has 1 aromatic heterocycles. The number of aryl methyl sites for hydroxylation is 2. The van der Waals surface area contributed by atoms with Crippen molar-refractivity contribution in [2.75, 3.05) is 4.90 Å². The van der Waals surface area contributed by atoms with Gasteiger partial charge in [-0.3, -0.25) is 19.5 Å². The maximum atomic E-state index is 13.3. The highest BCUT2D eigenvalue weighted by Gasteiger charge is 2.47. The molecular formula is C27H26N2O5. The molecule has 1 atom stereocenters. The van der Waals surface area contributed by atoms with Gasteiger partial charge in [-0.1, -0.05) is 6.07 Å². The number of phenols is 1. The number of Topliss-reactive ketones (excluding diaryl/α,β-unsaturated/α-hetero) is 1. The average molecular weight is 459 g/mol. The number of ether oxygens (including phenoxy) is 1. The third kappa shape index (κ3) is 4.12. The van der Waals surface area contributed by atoms with Gasteiger partial charge >= 0.3 is 0 Å². The van der Waals surface area contributed by atoms with Crippen molar-refractivity contribution in [2.45, 2.75) is 39.8 Å². The molecule has 34 heavy (non-hydrogen) atoms. The van der Waals surface area contributed by atoms with Crippen molar-refractivity contribution in [2.24, 2.45) is 0 Å². The summed E-state index contributed by atoms with van der Waals surface area (Å²) in [6.45, 7) is 7.51. The first-order valence-electron chi connectivity index (χ1n) is 11.0. The van der Waals surface area contributed by atoms with Crippen LogP contribution in [0.1, 0.15) is 42.1 Å². The fourth-order valence-electron chi connectivity index (χ4n) is 4.11. The van der Waals surface area contributed by atoms with Crippen LogP contribution in [0.4, 0.5) is 5.69 Å². The summed E-state index contributed by atoms with van der Waals surface area (Å²) in [5, 5.41) is 21.8. The van der Waals surface area contributed by atoms with Gasteiger partial charge in [0.05, 0.1) is 23.4 Å². The molecule has 0 spiro atoms. The molecule has 1 saturated heterocycles. The van der Waals surface area contributed by atoms with Crippen molar-refractivity contribution in [1.82, 2.24) is 4.98 Å².